The van der Waals surface area contributed by atoms with Gasteiger partial charge in [0.1, 0.15) is 5.21 Å². The quantitative estimate of drug-likeness (QED) is 0.517. The van der Waals surface area contributed by atoms with E-state index in [0.717, 1.165) is 25.7 Å². The summed E-state index contributed by atoms with van der Waals surface area (Å²) in [5.74, 6) is 0. The van der Waals surface area contributed by atoms with Crippen LogP contribution < -0.4 is 4.72 Å². The van der Waals surface area contributed by atoms with Gasteiger partial charge in [0.2, 0.25) is 10.0 Å². The van der Waals surface area contributed by atoms with Crippen LogP contribution in [0.3, 0.4) is 0 Å². The predicted octanol–water partition coefficient (Wildman–Crippen LogP) is 1.68. The lowest BCUT2D eigenvalue weighted by molar-refractivity contribution is 0.578. The molecule has 0 saturated heterocycles. The Hall–Kier alpha value is 0.200. The molecule has 0 fully saturated rings. The fourth-order valence-electron chi connectivity index (χ4n) is 0.818. The van der Waals surface area contributed by atoms with E-state index in [-0.39, 0.29) is 5.21 Å². The van der Waals surface area contributed by atoms with E-state index >= 15 is 0 Å². The van der Waals surface area contributed by atoms with Crippen LogP contribution in [0.4, 0.5) is 0 Å². The summed E-state index contributed by atoms with van der Waals surface area (Å²) in [6.07, 6.45) is 4.27. The highest BCUT2D eigenvalue weighted by atomic mass is 35.5. The van der Waals surface area contributed by atoms with Crippen molar-refractivity contribution in [2.45, 2.75) is 32.6 Å². The number of rotatable bonds is 7. The third-order valence-electron chi connectivity index (χ3n) is 1.50. The molecule has 0 aromatic carbocycles. The minimum atomic E-state index is -3.19. The lowest BCUT2D eigenvalue weighted by Gasteiger charge is -2.02. The summed E-state index contributed by atoms with van der Waals surface area (Å²) in [5, 5.41) is -0.346. The highest BCUT2D eigenvalue weighted by Gasteiger charge is 2.04. The van der Waals surface area contributed by atoms with Gasteiger partial charge in [-0.1, -0.05) is 26.2 Å². The summed E-state index contributed by atoms with van der Waals surface area (Å²) in [6.45, 7) is 2.62. The maximum Gasteiger partial charge on any atom is 0.225 e. The van der Waals surface area contributed by atoms with E-state index in [1.165, 1.54) is 0 Å². The Morgan fingerprint density at radius 1 is 1.25 bits per heavy atom. The molecule has 0 radical (unpaired) electrons. The lowest BCUT2D eigenvalue weighted by Crippen LogP contribution is -2.25. The summed E-state index contributed by atoms with van der Waals surface area (Å²) in [7, 11) is -3.19. The SMILES string of the molecule is CCCCCCNS(=O)(=O)CCl. The second-order valence-corrected chi connectivity index (χ2v) is 5.07. The molecule has 74 valence electrons. The Kier molecular flexibility index (Phi) is 6.80. The maximum atomic E-state index is 10.8. The zero-order chi connectivity index (χ0) is 9.45. The lowest BCUT2D eigenvalue weighted by atomic mass is 10.2. The molecular weight excluding hydrogens is 198 g/mol. The smallest absolute Gasteiger partial charge is 0.214 e. The molecule has 5 heteroatoms. The van der Waals surface area contributed by atoms with Crippen LogP contribution in [0.5, 0.6) is 0 Å². The van der Waals surface area contributed by atoms with Gasteiger partial charge in [0.25, 0.3) is 0 Å². The fourth-order valence-corrected chi connectivity index (χ4v) is 1.58. The number of halogens is 1. The Morgan fingerprint density at radius 2 is 1.92 bits per heavy atom. The van der Waals surface area contributed by atoms with Crippen LogP contribution in [0.25, 0.3) is 0 Å². The topological polar surface area (TPSA) is 46.2 Å². The molecule has 0 aromatic rings. The van der Waals surface area contributed by atoms with Crippen molar-refractivity contribution in [3.05, 3.63) is 0 Å². The van der Waals surface area contributed by atoms with Crippen LogP contribution in [-0.4, -0.2) is 20.2 Å². The van der Waals surface area contributed by atoms with E-state index in [0.29, 0.717) is 6.54 Å². The van der Waals surface area contributed by atoms with Gasteiger partial charge in [0, 0.05) is 6.54 Å². The zero-order valence-corrected chi connectivity index (χ0v) is 8.92. The average molecular weight is 214 g/mol. The van der Waals surface area contributed by atoms with Crippen molar-refractivity contribution in [2.24, 2.45) is 0 Å². The summed E-state index contributed by atoms with van der Waals surface area (Å²) in [4.78, 5) is 0. The van der Waals surface area contributed by atoms with Crippen molar-refractivity contribution in [2.75, 3.05) is 11.8 Å². The molecule has 0 spiro atoms. The first-order chi connectivity index (χ1) is 5.62. The molecule has 1 N–H and O–H groups in total. The van der Waals surface area contributed by atoms with Gasteiger partial charge in [0.05, 0.1) is 0 Å². The van der Waals surface area contributed by atoms with E-state index in [9.17, 15) is 8.42 Å². The number of sulfonamides is 1. The Bertz CT molecular complexity index is 192. The number of hydrogen-bond donors (Lipinski definition) is 1. The van der Waals surface area contributed by atoms with Crippen LogP contribution >= 0.6 is 11.6 Å². The van der Waals surface area contributed by atoms with Crippen LogP contribution in [0.1, 0.15) is 32.6 Å². The Labute approximate surface area is 79.5 Å². The van der Waals surface area contributed by atoms with Gasteiger partial charge in [-0.15, -0.1) is 11.6 Å². The van der Waals surface area contributed by atoms with E-state index in [2.05, 4.69) is 11.6 Å². The van der Waals surface area contributed by atoms with Gasteiger partial charge in [-0.05, 0) is 6.42 Å². The first-order valence-corrected chi connectivity index (χ1v) is 6.34. The third-order valence-corrected chi connectivity index (χ3v) is 3.29. The fraction of sp³-hybridized carbons (Fsp3) is 1.00. The highest BCUT2D eigenvalue weighted by molar-refractivity contribution is 7.90. The van der Waals surface area contributed by atoms with Gasteiger partial charge >= 0.3 is 0 Å². The molecule has 0 aliphatic rings. The molecule has 0 amide bonds. The molecule has 12 heavy (non-hydrogen) atoms. The van der Waals surface area contributed by atoms with Gasteiger partial charge < -0.3 is 0 Å². The molecule has 0 aromatic heterocycles. The van der Waals surface area contributed by atoms with Crippen molar-refractivity contribution in [3.63, 3.8) is 0 Å². The van der Waals surface area contributed by atoms with Crippen LogP contribution in [0.2, 0.25) is 0 Å². The molecule has 0 bridgehead atoms. The number of nitrogens with one attached hydrogen (secondary N) is 1. The molecule has 0 heterocycles. The molecule has 0 rings (SSSR count). The van der Waals surface area contributed by atoms with Gasteiger partial charge in [0.15, 0.2) is 0 Å². The van der Waals surface area contributed by atoms with Gasteiger partial charge in [-0.2, -0.15) is 0 Å². The molecule has 0 aliphatic heterocycles. The monoisotopic (exact) mass is 213 g/mol. The van der Waals surface area contributed by atoms with E-state index in [1.54, 1.807) is 0 Å². The number of unbranched alkanes of at least 4 members (excludes halogenated alkanes) is 3. The van der Waals surface area contributed by atoms with Crippen molar-refractivity contribution < 1.29 is 8.42 Å². The zero-order valence-electron chi connectivity index (χ0n) is 7.35. The Morgan fingerprint density at radius 3 is 2.42 bits per heavy atom. The molecule has 0 unspecified atom stereocenters. The minimum Gasteiger partial charge on any atom is -0.214 e. The second-order valence-electron chi connectivity index (χ2n) is 2.68. The maximum absolute atomic E-state index is 10.8. The van der Waals surface area contributed by atoms with Crippen molar-refractivity contribution in [1.82, 2.24) is 4.72 Å². The van der Waals surface area contributed by atoms with Gasteiger partial charge in [-0.25, -0.2) is 13.1 Å². The second kappa shape index (κ2) is 6.69. The normalized spacial score (nSPS) is 11.8. The largest absolute Gasteiger partial charge is 0.225 e. The summed E-state index contributed by atoms with van der Waals surface area (Å²) in [5.41, 5.74) is 0. The standard InChI is InChI=1S/C7H16ClNO2S/c1-2-3-4-5-6-9-12(10,11)7-8/h9H,2-7H2,1H3. The molecule has 0 aliphatic carbocycles. The van der Waals surface area contributed by atoms with Crippen LogP contribution in [0.15, 0.2) is 0 Å². The molecule has 3 nitrogen and oxygen atoms in total. The van der Waals surface area contributed by atoms with Crippen molar-refractivity contribution in [1.29, 1.82) is 0 Å². The van der Waals surface area contributed by atoms with Crippen molar-refractivity contribution >= 4 is 21.6 Å². The van der Waals surface area contributed by atoms with E-state index in [1.807, 2.05) is 0 Å². The number of hydrogen-bond acceptors (Lipinski definition) is 2. The van der Waals surface area contributed by atoms with Gasteiger partial charge in [-0.3, -0.25) is 0 Å². The molecule has 0 atom stereocenters. The molecular formula is C7H16ClNO2S. The van der Waals surface area contributed by atoms with E-state index in [4.69, 9.17) is 11.6 Å². The Balaban J connectivity index is 3.32. The predicted molar refractivity (Wildman–Crippen MR) is 51.8 cm³/mol. The summed E-state index contributed by atoms with van der Waals surface area (Å²) in [6, 6.07) is 0. The minimum absolute atomic E-state index is 0.346. The highest BCUT2D eigenvalue weighted by Crippen LogP contribution is 1.98. The summed E-state index contributed by atoms with van der Waals surface area (Å²) >= 11 is 5.18. The van der Waals surface area contributed by atoms with Crippen LogP contribution in [-0.2, 0) is 10.0 Å². The first kappa shape index (κ1) is 12.2. The molecule has 0 saturated carbocycles. The first-order valence-electron chi connectivity index (χ1n) is 4.15. The van der Waals surface area contributed by atoms with E-state index < -0.39 is 10.0 Å². The number of alkyl halides is 1. The average Bonchev–Trinajstić information content (AvgIpc) is 2.04. The van der Waals surface area contributed by atoms with Crippen molar-refractivity contribution in [3.8, 4) is 0 Å². The summed E-state index contributed by atoms with van der Waals surface area (Å²) < 4.78 is 24.0. The third kappa shape index (κ3) is 6.88. The van der Waals surface area contributed by atoms with Crippen LogP contribution in [0, 0.1) is 0 Å².